The summed E-state index contributed by atoms with van der Waals surface area (Å²) in [7, 11) is 0. The zero-order valence-corrected chi connectivity index (χ0v) is 13.1. The van der Waals surface area contributed by atoms with E-state index in [9.17, 15) is 4.79 Å². The lowest BCUT2D eigenvalue weighted by Gasteiger charge is -2.24. The van der Waals surface area contributed by atoms with E-state index in [1.807, 2.05) is 12.1 Å². The van der Waals surface area contributed by atoms with Crippen LogP contribution in [0.4, 0.5) is 0 Å². The fourth-order valence-corrected chi connectivity index (χ4v) is 2.79. The first-order valence-corrected chi connectivity index (χ1v) is 7.22. The number of carbonyl (C=O) groups excluding carboxylic acids is 1. The van der Waals surface area contributed by atoms with Crippen molar-refractivity contribution in [3.63, 3.8) is 0 Å². The highest BCUT2D eigenvalue weighted by Crippen LogP contribution is 2.22. The number of nitrogens with one attached hydrogen (secondary N) is 2. The first kappa shape index (κ1) is 17.0. The van der Waals surface area contributed by atoms with E-state index in [1.165, 1.54) is 11.1 Å². The average molecular weight is 297 g/mol. The van der Waals surface area contributed by atoms with Gasteiger partial charge in [-0.15, -0.1) is 12.4 Å². The third-order valence-electron chi connectivity index (χ3n) is 3.87. The van der Waals surface area contributed by atoms with Gasteiger partial charge in [0.15, 0.2) is 0 Å². The van der Waals surface area contributed by atoms with E-state index < -0.39 is 0 Å². The van der Waals surface area contributed by atoms with Gasteiger partial charge in [0.25, 0.3) is 0 Å². The van der Waals surface area contributed by atoms with Crippen LogP contribution in [0.2, 0.25) is 0 Å². The van der Waals surface area contributed by atoms with Crippen molar-refractivity contribution in [2.45, 2.75) is 45.1 Å². The van der Waals surface area contributed by atoms with Gasteiger partial charge in [0.05, 0.1) is 0 Å². The van der Waals surface area contributed by atoms with Gasteiger partial charge in [0, 0.05) is 19.0 Å². The minimum atomic E-state index is 0. The first-order valence-electron chi connectivity index (χ1n) is 7.22. The molecule has 1 aliphatic rings. The van der Waals surface area contributed by atoms with Crippen LogP contribution in [0.5, 0.6) is 0 Å². The second kappa shape index (κ2) is 8.28. The molecular formula is C16H25ClN2O. The van der Waals surface area contributed by atoms with Crippen LogP contribution in [0.15, 0.2) is 24.3 Å². The molecule has 2 atom stereocenters. The van der Waals surface area contributed by atoms with Crippen LogP contribution in [-0.2, 0) is 4.79 Å². The predicted octanol–water partition coefficient (Wildman–Crippen LogP) is 2.78. The fourth-order valence-electron chi connectivity index (χ4n) is 2.79. The van der Waals surface area contributed by atoms with E-state index in [1.54, 1.807) is 0 Å². The molecule has 0 bridgehead atoms. The summed E-state index contributed by atoms with van der Waals surface area (Å²) in [5, 5.41) is 6.46. The molecule has 2 N–H and O–H groups in total. The molecule has 0 aliphatic carbocycles. The summed E-state index contributed by atoms with van der Waals surface area (Å²) in [5.41, 5.74) is 2.54. The molecule has 0 spiro atoms. The lowest BCUT2D eigenvalue weighted by Crippen LogP contribution is -2.45. The van der Waals surface area contributed by atoms with Gasteiger partial charge < -0.3 is 10.6 Å². The quantitative estimate of drug-likeness (QED) is 0.897. The van der Waals surface area contributed by atoms with Gasteiger partial charge in [0.2, 0.25) is 5.91 Å². The van der Waals surface area contributed by atoms with E-state index in [0.717, 1.165) is 25.9 Å². The number of carbonyl (C=O) groups is 1. The largest absolute Gasteiger partial charge is 0.352 e. The number of piperidine rings is 1. The molecular weight excluding hydrogens is 272 g/mol. The molecule has 2 rings (SSSR count). The summed E-state index contributed by atoms with van der Waals surface area (Å²) in [6.07, 6.45) is 2.82. The van der Waals surface area contributed by atoms with Crippen molar-refractivity contribution in [3.05, 3.63) is 35.4 Å². The van der Waals surface area contributed by atoms with Crippen LogP contribution in [-0.4, -0.2) is 25.0 Å². The van der Waals surface area contributed by atoms with Crippen LogP contribution >= 0.6 is 12.4 Å². The minimum absolute atomic E-state index is 0. The topological polar surface area (TPSA) is 41.1 Å². The maximum absolute atomic E-state index is 12.1. The number of rotatable bonds is 4. The van der Waals surface area contributed by atoms with Gasteiger partial charge in [0.1, 0.15) is 0 Å². The number of amides is 1. The molecule has 0 saturated carbocycles. The molecule has 1 aromatic carbocycles. The van der Waals surface area contributed by atoms with Crippen LogP contribution in [0.25, 0.3) is 0 Å². The monoisotopic (exact) mass is 296 g/mol. The Morgan fingerprint density at radius 3 is 2.85 bits per heavy atom. The minimum Gasteiger partial charge on any atom is -0.352 e. The highest BCUT2D eigenvalue weighted by Gasteiger charge is 2.18. The molecule has 0 aromatic heterocycles. The van der Waals surface area contributed by atoms with Crippen molar-refractivity contribution >= 4 is 18.3 Å². The van der Waals surface area contributed by atoms with Gasteiger partial charge in [-0.25, -0.2) is 0 Å². The number of aryl methyl sites for hydroxylation is 1. The summed E-state index contributed by atoms with van der Waals surface area (Å²) in [5.74, 6) is 0.446. The normalized spacial score (nSPS) is 19.8. The molecule has 1 aromatic rings. The van der Waals surface area contributed by atoms with Gasteiger partial charge in [-0.3, -0.25) is 4.79 Å². The molecule has 2 unspecified atom stereocenters. The highest BCUT2D eigenvalue weighted by atomic mass is 35.5. The summed E-state index contributed by atoms with van der Waals surface area (Å²) >= 11 is 0. The number of hydrogen-bond donors (Lipinski definition) is 2. The second-order valence-corrected chi connectivity index (χ2v) is 5.57. The maximum atomic E-state index is 12.1. The Bertz CT molecular complexity index is 430. The van der Waals surface area contributed by atoms with Crippen molar-refractivity contribution in [1.82, 2.24) is 10.6 Å². The molecule has 112 valence electrons. The smallest absolute Gasteiger partial charge is 0.220 e. The number of benzene rings is 1. The fraction of sp³-hybridized carbons (Fsp3) is 0.562. The van der Waals surface area contributed by atoms with Gasteiger partial charge in [-0.2, -0.15) is 0 Å². The summed E-state index contributed by atoms with van der Waals surface area (Å²) < 4.78 is 0. The van der Waals surface area contributed by atoms with Crippen molar-refractivity contribution in [3.8, 4) is 0 Å². The molecule has 3 nitrogen and oxygen atoms in total. The maximum Gasteiger partial charge on any atom is 0.220 e. The number of halogens is 1. The Labute approximate surface area is 127 Å². The van der Waals surface area contributed by atoms with Crippen molar-refractivity contribution in [2.24, 2.45) is 0 Å². The molecule has 1 fully saturated rings. The van der Waals surface area contributed by atoms with E-state index in [4.69, 9.17) is 0 Å². The van der Waals surface area contributed by atoms with Gasteiger partial charge >= 0.3 is 0 Å². The lowest BCUT2D eigenvalue weighted by atomic mass is 9.93. The Balaban J connectivity index is 0.00000200. The summed E-state index contributed by atoms with van der Waals surface area (Å²) in [6.45, 7) is 6.21. The van der Waals surface area contributed by atoms with Crippen molar-refractivity contribution in [2.75, 3.05) is 13.1 Å². The molecule has 20 heavy (non-hydrogen) atoms. The first-order chi connectivity index (χ1) is 9.16. The molecule has 1 saturated heterocycles. The molecule has 0 radical (unpaired) electrons. The Morgan fingerprint density at radius 1 is 1.45 bits per heavy atom. The van der Waals surface area contributed by atoms with Crippen LogP contribution in [0.1, 0.15) is 43.2 Å². The van der Waals surface area contributed by atoms with Crippen molar-refractivity contribution in [1.29, 1.82) is 0 Å². The lowest BCUT2D eigenvalue weighted by molar-refractivity contribution is -0.122. The van der Waals surface area contributed by atoms with Crippen molar-refractivity contribution < 1.29 is 4.79 Å². The highest BCUT2D eigenvalue weighted by molar-refractivity contribution is 5.85. The second-order valence-electron chi connectivity index (χ2n) is 5.57. The SMILES string of the molecule is Cc1ccccc1C(C)CC(=O)NC1CCCNC1.Cl. The van der Waals surface area contributed by atoms with Crippen LogP contribution < -0.4 is 10.6 Å². The Hall–Kier alpha value is -1.06. The van der Waals surface area contributed by atoms with E-state index in [-0.39, 0.29) is 24.2 Å². The summed E-state index contributed by atoms with van der Waals surface area (Å²) in [4.78, 5) is 12.1. The Kier molecular flexibility index (Phi) is 7.03. The summed E-state index contributed by atoms with van der Waals surface area (Å²) in [6, 6.07) is 8.62. The van der Waals surface area contributed by atoms with E-state index in [0.29, 0.717) is 12.5 Å². The van der Waals surface area contributed by atoms with Gasteiger partial charge in [-0.1, -0.05) is 31.2 Å². The zero-order chi connectivity index (χ0) is 13.7. The molecule has 4 heteroatoms. The standard InChI is InChI=1S/C16H24N2O.ClH/c1-12-6-3-4-8-15(12)13(2)10-16(19)18-14-7-5-9-17-11-14;/h3-4,6,8,13-14,17H,5,7,9-11H2,1-2H3,(H,18,19);1H. The van der Waals surface area contributed by atoms with Crippen LogP contribution in [0.3, 0.4) is 0 Å². The number of hydrogen-bond acceptors (Lipinski definition) is 2. The predicted molar refractivity (Wildman–Crippen MR) is 85.5 cm³/mol. The third kappa shape index (κ3) is 4.80. The average Bonchev–Trinajstić information content (AvgIpc) is 2.40. The molecule has 1 amide bonds. The molecule has 1 aliphatic heterocycles. The van der Waals surface area contributed by atoms with Crippen LogP contribution in [0, 0.1) is 6.92 Å². The zero-order valence-electron chi connectivity index (χ0n) is 12.3. The van der Waals surface area contributed by atoms with E-state index >= 15 is 0 Å². The third-order valence-corrected chi connectivity index (χ3v) is 3.87. The van der Waals surface area contributed by atoms with Gasteiger partial charge in [-0.05, 0) is 43.4 Å². The Morgan fingerprint density at radius 2 is 2.20 bits per heavy atom. The molecule has 1 heterocycles. The van der Waals surface area contributed by atoms with E-state index in [2.05, 4.69) is 36.6 Å².